The van der Waals surface area contributed by atoms with Gasteiger partial charge in [0.1, 0.15) is 0 Å². The Bertz CT molecular complexity index is 132. The Morgan fingerprint density at radius 2 is 2.00 bits per heavy atom. The van der Waals surface area contributed by atoms with E-state index in [1.807, 2.05) is 0 Å². The molecule has 0 N–H and O–H groups in total. The number of hydrogen-bond acceptors (Lipinski definition) is 2. The summed E-state index contributed by atoms with van der Waals surface area (Å²) in [6.45, 7) is 7.82. The molecule has 2 aliphatic heterocycles. The van der Waals surface area contributed by atoms with Gasteiger partial charge in [-0.05, 0) is 13.8 Å². The maximum absolute atomic E-state index is 5.49. The molecule has 2 nitrogen and oxygen atoms in total. The summed E-state index contributed by atoms with van der Waals surface area (Å²) in [5.74, 6) is 0. The highest BCUT2D eigenvalue weighted by Gasteiger charge is 2.49. The molecule has 0 aliphatic carbocycles. The third kappa shape index (κ3) is 0.789. The van der Waals surface area contributed by atoms with Gasteiger partial charge in [0.05, 0.1) is 12.2 Å². The minimum absolute atomic E-state index is 0.324. The van der Waals surface area contributed by atoms with E-state index < -0.39 is 0 Å². The number of likely N-dealkylation sites (tertiary alicyclic amines) is 1. The standard InChI is InChI=1S/C8H15NO/c1-7(2)9-5-8(6-9)3-4-10-8/h7H,3-6H2,1-2H3. The topological polar surface area (TPSA) is 12.5 Å². The molecule has 10 heavy (non-hydrogen) atoms. The van der Waals surface area contributed by atoms with Crippen LogP contribution in [0.25, 0.3) is 0 Å². The van der Waals surface area contributed by atoms with Gasteiger partial charge in [0.2, 0.25) is 0 Å². The summed E-state index contributed by atoms with van der Waals surface area (Å²) in [6, 6.07) is 0.704. The number of hydrogen-bond donors (Lipinski definition) is 0. The molecule has 0 aromatic rings. The molecule has 0 saturated carbocycles. The zero-order chi connectivity index (χ0) is 7.19. The third-order valence-corrected chi connectivity index (χ3v) is 2.68. The fourth-order valence-electron chi connectivity index (χ4n) is 1.70. The molecular formula is C8H15NO. The molecule has 0 unspecified atom stereocenters. The van der Waals surface area contributed by atoms with Gasteiger partial charge >= 0.3 is 0 Å². The van der Waals surface area contributed by atoms with Gasteiger partial charge in [0.15, 0.2) is 0 Å². The second-order valence-electron chi connectivity index (χ2n) is 3.78. The van der Waals surface area contributed by atoms with Gasteiger partial charge in [0, 0.05) is 25.6 Å². The van der Waals surface area contributed by atoms with Gasteiger partial charge in [-0.3, -0.25) is 4.90 Å². The van der Waals surface area contributed by atoms with Crippen LogP contribution in [0.15, 0.2) is 0 Å². The lowest BCUT2D eigenvalue weighted by Crippen LogP contribution is -2.69. The summed E-state index contributed by atoms with van der Waals surface area (Å²) in [7, 11) is 0. The van der Waals surface area contributed by atoms with Crippen molar-refractivity contribution in [3.63, 3.8) is 0 Å². The zero-order valence-electron chi connectivity index (χ0n) is 6.76. The van der Waals surface area contributed by atoms with E-state index in [4.69, 9.17) is 4.74 Å². The fourth-order valence-corrected chi connectivity index (χ4v) is 1.70. The largest absolute Gasteiger partial charge is 0.372 e. The van der Waals surface area contributed by atoms with Crippen molar-refractivity contribution in [3.8, 4) is 0 Å². The van der Waals surface area contributed by atoms with Crippen LogP contribution in [0.1, 0.15) is 20.3 Å². The lowest BCUT2D eigenvalue weighted by atomic mass is 9.85. The first kappa shape index (κ1) is 6.62. The van der Waals surface area contributed by atoms with E-state index in [1.54, 1.807) is 0 Å². The van der Waals surface area contributed by atoms with E-state index >= 15 is 0 Å². The van der Waals surface area contributed by atoms with Gasteiger partial charge < -0.3 is 4.74 Å². The average Bonchev–Trinajstić information content (AvgIpc) is 1.54. The van der Waals surface area contributed by atoms with Crippen LogP contribution in [-0.4, -0.2) is 36.2 Å². The van der Waals surface area contributed by atoms with E-state index in [9.17, 15) is 0 Å². The second kappa shape index (κ2) is 1.95. The molecule has 2 rings (SSSR count). The minimum atomic E-state index is 0.324. The van der Waals surface area contributed by atoms with Crippen LogP contribution in [0.5, 0.6) is 0 Å². The Balaban J connectivity index is 1.82. The van der Waals surface area contributed by atoms with Gasteiger partial charge in [0.25, 0.3) is 0 Å². The van der Waals surface area contributed by atoms with Crippen LogP contribution in [0.3, 0.4) is 0 Å². The molecule has 2 heterocycles. The molecule has 0 amide bonds. The van der Waals surface area contributed by atoms with Gasteiger partial charge in [-0.15, -0.1) is 0 Å². The molecule has 0 radical (unpaired) electrons. The lowest BCUT2D eigenvalue weighted by molar-refractivity contribution is -0.227. The van der Waals surface area contributed by atoms with E-state index in [0.29, 0.717) is 11.6 Å². The summed E-state index contributed by atoms with van der Waals surface area (Å²) in [4.78, 5) is 2.46. The Morgan fingerprint density at radius 1 is 1.40 bits per heavy atom. The van der Waals surface area contributed by atoms with Crippen LogP contribution in [-0.2, 0) is 4.74 Å². The van der Waals surface area contributed by atoms with E-state index in [2.05, 4.69) is 18.7 Å². The predicted molar refractivity (Wildman–Crippen MR) is 40.0 cm³/mol. The van der Waals surface area contributed by atoms with Crippen molar-refractivity contribution in [2.24, 2.45) is 0 Å². The summed E-state index contributed by atoms with van der Waals surface area (Å²) in [5.41, 5.74) is 0.324. The molecule has 2 fully saturated rings. The van der Waals surface area contributed by atoms with Crippen LogP contribution in [0, 0.1) is 0 Å². The van der Waals surface area contributed by atoms with E-state index in [0.717, 1.165) is 6.61 Å². The molecule has 0 aromatic carbocycles. The minimum Gasteiger partial charge on any atom is -0.372 e. The van der Waals surface area contributed by atoms with Crippen molar-refractivity contribution in [1.29, 1.82) is 0 Å². The van der Waals surface area contributed by atoms with Crippen LogP contribution in [0.4, 0.5) is 0 Å². The third-order valence-electron chi connectivity index (χ3n) is 2.68. The highest BCUT2D eigenvalue weighted by Crippen LogP contribution is 2.36. The Labute approximate surface area is 62.2 Å². The Kier molecular flexibility index (Phi) is 1.29. The van der Waals surface area contributed by atoms with Gasteiger partial charge in [-0.1, -0.05) is 0 Å². The second-order valence-corrected chi connectivity index (χ2v) is 3.78. The summed E-state index contributed by atoms with van der Waals surface area (Å²) in [5, 5.41) is 0. The first-order valence-corrected chi connectivity index (χ1v) is 4.10. The molecule has 2 saturated heterocycles. The Morgan fingerprint density at radius 3 is 2.30 bits per heavy atom. The highest BCUT2D eigenvalue weighted by molar-refractivity contribution is 5.02. The monoisotopic (exact) mass is 141 g/mol. The highest BCUT2D eigenvalue weighted by atomic mass is 16.5. The molecule has 0 bridgehead atoms. The Hall–Kier alpha value is -0.0800. The van der Waals surface area contributed by atoms with Crippen LogP contribution < -0.4 is 0 Å². The number of rotatable bonds is 1. The number of ether oxygens (including phenoxy) is 1. The predicted octanol–water partition coefficient (Wildman–Crippen LogP) is 0.870. The summed E-state index contributed by atoms with van der Waals surface area (Å²) in [6.07, 6.45) is 1.29. The SMILES string of the molecule is CC(C)N1CC2(CCO2)C1. The van der Waals surface area contributed by atoms with Gasteiger partial charge in [-0.25, -0.2) is 0 Å². The van der Waals surface area contributed by atoms with Gasteiger partial charge in [-0.2, -0.15) is 0 Å². The maximum atomic E-state index is 5.49. The summed E-state index contributed by atoms with van der Waals surface area (Å²) >= 11 is 0. The fraction of sp³-hybridized carbons (Fsp3) is 1.00. The van der Waals surface area contributed by atoms with Crippen molar-refractivity contribution in [3.05, 3.63) is 0 Å². The number of nitrogens with zero attached hydrogens (tertiary/aromatic N) is 1. The normalized spacial score (nSPS) is 30.3. The summed E-state index contributed by atoms with van der Waals surface area (Å²) < 4.78 is 5.49. The molecule has 2 heteroatoms. The molecule has 2 aliphatic rings. The van der Waals surface area contributed by atoms with Crippen molar-refractivity contribution < 1.29 is 4.74 Å². The molecule has 1 spiro atoms. The molecular weight excluding hydrogens is 126 g/mol. The lowest BCUT2D eigenvalue weighted by Gasteiger charge is -2.56. The first-order valence-electron chi connectivity index (χ1n) is 4.10. The van der Waals surface area contributed by atoms with Crippen molar-refractivity contribution in [1.82, 2.24) is 4.90 Å². The van der Waals surface area contributed by atoms with E-state index in [1.165, 1.54) is 19.5 Å². The van der Waals surface area contributed by atoms with E-state index in [-0.39, 0.29) is 0 Å². The van der Waals surface area contributed by atoms with Crippen molar-refractivity contribution in [2.45, 2.75) is 31.9 Å². The first-order chi connectivity index (χ1) is 4.72. The van der Waals surface area contributed by atoms with Crippen LogP contribution >= 0.6 is 0 Å². The van der Waals surface area contributed by atoms with Crippen molar-refractivity contribution in [2.75, 3.05) is 19.7 Å². The quantitative estimate of drug-likeness (QED) is 0.537. The molecule has 0 aromatic heterocycles. The smallest absolute Gasteiger partial charge is 0.0956 e. The van der Waals surface area contributed by atoms with Crippen LogP contribution in [0.2, 0.25) is 0 Å². The molecule has 0 atom stereocenters. The zero-order valence-corrected chi connectivity index (χ0v) is 6.76. The molecule has 58 valence electrons. The average molecular weight is 141 g/mol. The maximum Gasteiger partial charge on any atom is 0.0956 e. The van der Waals surface area contributed by atoms with Crippen molar-refractivity contribution >= 4 is 0 Å².